The molecule has 6 aromatic carbocycles. The van der Waals surface area contributed by atoms with Crippen LogP contribution in [0.1, 0.15) is 22.3 Å². The molecule has 0 fully saturated rings. The van der Waals surface area contributed by atoms with Crippen LogP contribution in [0.15, 0.2) is 127 Å². The third-order valence-electron chi connectivity index (χ3n) is 8.16. The van der Waals surface area contributed by atoms with Gasteiger partial charge in [-0.3, -0.25) is 0 Å². The number of fused-ring (bicyclic) bond motifs is 11. The zero-order valence-corrected chi connectivity index (χ0v) is 20.3. The predicted molar refractivity (Wildman–Crippen MR) is 151 cm³/mol. The molecule has 8 rings (SSSR count). The molecule has 6 aromatic rings. The predicted octanol–water partition coefficient (Wildman–Crippen LogP) is 9.50. The number of halogens is 1. The van der Waals surface area contributed by atoms with Crippen LogP contribution in [0.3, 0.4) is 0 Å². The second-order valence-electron chi connectivity index (χ2n) is 9.79. The number of rotatable bonds is 1. The van der Waals surface area contributed by atoms with E-state index in [9.17, 15) is 0 Å². The van der Waals surface area contributed by atoms with Crippen LogP contribution in [0.2, 0.25) is 5.02 Å². The lowest BCUT2D eigenvalue weighted by molar-refractivity contribution is 0.794. The van der Waals surface area contributed by atoms with Crippen molar-refractivity contribution in [2.45, 2.75) is 5.41 Å². The van der Waals surface area contributed by atoms with Crippen molar-refractivity contribution < 1.29 is 0 Å². The highest BCUT2D eigenvalue weighted by Gasteiger charge is 2.52. The van der Waals surface area contributed by atoms with Gasteiger partial charge in [0.25, 0.3) is 0 Å². The van der Waals surface area contributed by atoms with Gasteiger partial charge in [-0.15, -0.1) is 0 Å². The molecule has 1 heteroatoms. The van der Waals surface area contributed by atoms with E-state index in [-0.39, 0.29) is 5.41 Å². The molecule has 2 aliphatic rings. The molecule has 168 valence electrons. The summed E-state index contributed by atoms with van der Waals surface area (Å²) in [5, 5.41) is 3.31. The Kier molecular flexibility index (Phi) is 4.02. The van der Waals surface area contributed by atoms with Crippen molar-refractivity contribution in [3.05, 3.63) is 155 Å². The Balaban J connectivity index is 1.56. The van der Waals surface area contributed by atoms with E-state index in [0.717, 1.165) is 5.02 Å². The number of hydrogen-bond donors (Lipinski definition) is 0. The van der Waals surface area contributed by atoms with Crippen LogP contribution in [0, 0.1) is 0 Å². The van der Waals surface area contributed by atoms with Crippen LogP contribution in [-0.4, -0.2) is 0 Å². The topological polar surface area (TPSA) is 0 Å². The molecular formula is C35H21Cl. The molecule has 0 bridgehead atoms. The molecule has 0 aliphatic heterocycles. The molecule has 0 nitrogen and oxygen atoms in total. The lowest BCUT2D eigenvalue weighted by Crippen LogP contribution is -2.25. The van der Waals surface area contributed by atoms with Gasteiger partial charge in [0.1, 0.15) is 0 Å². The first-order chi connectivity index (χ1) is 17.8. The summed E-state index contributed by atoms with van der Waals surface area (Å²) >= 11 is 6.72. The quantitative estimate of drug-likeness (QED) is 0.221. The van der Waals surface area contributed by atoms with Crippen molar-refractivity contribution in [3.8, 4) is 33.4 Å². The fraction of sp³-hybridized carbons (Fsp3) is 0.0286. The summed E-state index contributed by atoms with van der Waals surface area (Å²) < 4.78 is 0. The fourth-order valence-corrected chi connectivity index (χ4v) is 7.02. The molecule has 0 radical (unpaired) electrons. The third kappa shape index (κ3) is 2.40. The van der Waals surface area contributed by atoms with Crippen molar-refractivity contribution in [2.24, 2.45) is 0 Å². The molecule has 0 saturated heterocycles. The van der Waals surface area contributed by atoms with E-state index >= 15 is 0 Å². The average Bonchev–Trinajstić information content (AvgIpc) is 3.40. The Morgan fingerprint density at radius 3 is 1.81 bits per heavy atom. The fourth-order valence-electron chi connectivity index (χ4n) is 6.84. The van der Waals surface area contributed by atoms with Crippen LogP contribution in [0.4, 0.5) is 0 Å². The minimum absolute atomic E-state index is 0.386. The van der Waals surface area contributed by atoms with Gasteiger partial charge < -0.3 is 0 Å². The molecule has 0 aromatic heterocycles. The first-order valence-electron chi connectivity index (χ1n) is 12.4. The van der Waals surface area contributed by atoms with Gasteiger partial charge in [-0.2, -0.15) is 0 Å². The first-order valence-corrected chi connectivity index (χ1v) is 12.8. The molecule has 2 aliphatic carbocycles. The maximum absolute atomic E-state index is 6.72. The molecule has 0 atom stereocenters. The second kappa shape index (κ2) is 7.20. The van der Waals surface area contributed by atoms with Crippen LogP contribution >= 0.6 is 11.6 Å². The summed E-state index contributed by atoms with van der Waals surface area (Å²) in [6, 6.07) is 46.4. The highest BCUT2D eigenvalue weighted by Crippen LogP contribution is 2.64. The molecule has 0 heterocycles. The van der Waals surface area contributed by atoms with E-state index in [1.807, 2.05) is 6.07 Å². The van der Waals surface area contributed by atoms with Crippen LogP contribution < -0.4 is 0 Å². The normalized spacial score (nSPS) is 13.9. The maximum atomic E-state index is 6.72. The molecular weight excluding hydrogens is 456 g/mol. The number of hydrogen-bond acceptors (Lipinski definition) is 0. The molecule has 1 spiro atoms. The summed E-state index contributed by atoms with van der Waals surface area (Å²) in [7, 11) is 0. The Hall–Kier alpha value is -4.13. The van der Waals surface area contributed by atoms with E-state index in [2.05, 4.69) is 121 Å². The second-order valence-corrected chi connectivity index (χ2v) is 10.2. The minimum atomic E-state index is -0.386. The van der Waals surface area contributed by atoms with E-state index in [1.54, 1.807) is 0 Å². The van der Waals surface area contributed by atoms with Gasteiger partial charge in [-0.1, -0.05) is 127 Å². The zero-order valence-electron chi connectivity index (χ0n) is 19.5. The average molecular weight is 477 g/mol. The molecule has 0 amide bonds. The van der Waals surface area contributed by atoms with Gasteiger partial charge in [-0.25, -0.2) is 0 Å². The zero-order chi connectivity index (χ0) is 23.9. The van der Waals surface area contributed by atoms with Gasteiger partial charge in [0.15, 0.2) is 0 Å². The summed E-state index contributed by atoms with van der Waals surface area (Å²) in [4.78, 5) is 0. The smallest absolute Gasteiger partial charge is 0.0726 e. The Bertz CT molecular complexity index is 1810. The van der Waals surface area contributed by atoms with Crippen molar-refractivity contribution in [1.82, 2.24) is 0 Å². The molecule has 0 unspecified atom stereocenters. The molecule has 0 N–H and O–H groups in total. The summed E-state index contributed by atoms with van der Waals surface area (Å²) in [6.45, 7) is 0. The van der Waals surface area contributed by atoms with Crippen molar-refractivity contribution in [1.29, 1.82) is 0 Å². The minimum Gasteiger partial charge on any atom is -0.0843 e. The van der Waals surface area contributed by atoms with Crippen LogP contribution in [0.5, 0.6) is 0 Å². The van der Waals surface area contributed by atoms with Gasteiger partial charge >= 0.3 is 0 Å². The largest absolute Gasteiger partial charge is 0.0843 e. The van der Waals surface area contributed by atoms with E-state index in [1.165, 1.54) is 66.4 Å². The first kappa shape index (κ1) is 20.1. The SMILES string of the molecule is Clc1ccc2c(c1)C1(c3ccccc3-c3ccccc31)c1cccc(-c3cccc4ccccc34)c1-2. The Morgan fingerprint density at radius 1 is 0.417 bits per heavy atom. The Labute approximate surface area is 215 Å². The van der Waals surface area contributed by atoms with Crippen molar-refractivity contribution in [2.75, 3.05) is 0 Å². The van der Waals surface area contributed by atoms with Crippen LogP contribution in [0.25, 0.3) is 44.2 Å². The van der Waals surface area contributed by atoms with Gasteiger partial charge in [0, 0.05) is 5.02 Å². The maximum Gasteiger partial charge on any atom is 0.0726 e. The molecule has 0 saturated carbocycles. The van der Waals surface area contributed by atoms with Crippen molar-refractivity contribution >= 4 is 22.4 Å². The van der Waals surface area contributed by atoms with E-state index < -0.39 is 0 Å². The van der Waals surface area contributed by atoms with E-state index in [0.29, 0.717) is 0 Å². The number of benzene rings is 6. The monoisotopic (exact) mass is 476 g/mol. The summed E-state index contributed by atoms with van der Waals surface area (Å²) in [6.07, 6.45) is 0. The highest BCUT2D eigenvalue weighted by molar-refractivity contribution is 6.31. The van der Waals surface area contributed by atoms with Crippen molar-refractivity contribution in [3.63, 3.8) is 0 Å². The van der Waals surface area contributed by atoms with Gasteiger partial charge in [0.2, 0.25) is 0 Å². The van der Waals surface area contributed by atoms with Crippen LogP contribution in [-0.2, 0) is 5.41 Å². The standard InChI is InChI=1S/C35H21Cl/c36-23-19-20-29-33(21-23)35(30-16-5-3-12-26(30)27-13-4-6-17-31(27)35)32-18-8-15-28(34(29)32)25-14-7-10-22-9-1-2-11-24(22)25/h1-21H. The van der Waals surface area contributed by atoms with E-state index in [4.69, 9.17) is 11.6 Å². The summed E-state index contributed by atoms with van der Waals surface area (Å²) in [5.41, 5.74) is 12.6. The van der Waals surface area contributed by atoms with Gasteiger partial charge in [0.05, 0.1) is 5.41 Å². The van der Waals surface area contributed by atoms with Gasteiger partial charge in [-0.05, 0) is 78.5 Å². The lowest BCUT2D eigenvalue weighted by atomic mass is 9.70. The molecule has 36 heavy (non-hydrogen) atoms. The highest BCUT2D eigenvalue weighted by atomic mass is 35.5. The third-order valence-corrected chi connectivity index (χ3v) is 8.39. The lowest BCUT2D eigenvalue weighted by Gasteiger charge is -2.30. The summed E-state index contributed by atoms with van der Waals surface area (Å²) in [5.74, 6) is 0. The Morgan fingerprint density at radius 2 is 1.00 bits per heavy atom.